The maximum atomic E-state index is 12.8. The number of hydrogen-bond acceptors (Lipinski definition) is 6. The van der Waals surface area contributed by atoms with Crippen LogP contribution in [-0.2, 0) is 9.59 Å². The van der Waals surface area contributed by atoms with Gasteiger partial charge in [-0.1, -0.05) is 13.3 Å². The van der Waals surface area contributed by atoms with Crippen molar-refractivity contribution >= 4 is 35.1 Å². The average molecular weight is 348 g/mol. The molecule has 26 heavy (non-hydrogen) atoms. The van der Waals surface area contributed by atoms with E-state index in [1.165, 1.54) is 60.7 Å². The van der Waals surface area contributed by atoms with Crippen LogP contribution in [0.2, 0.25) is 0 Å². The number of nitrogens with zero attached hydrogens (tertiary/aromatic N) is 2. The third-order valence-corrected chi connectivity index (χ3v) is 3.86. The second-order valence-electron chi connectivity index (χ2n) is 5.57. The highest BCUT2D eigenvalue weighted by atomic mass is 16.2. The molecule has 2 rings (SSSR count). The third-order valence-electron chi connectivity index (χ3n) is 3.86. The molecule has 6 nitrogen and oxygen atoms in total. The fraction of sp³-hybridized carbons (Fsp3) is 0.200. The standard InChI is InChI=1S/C20H16N2O4/c1-2-3-18(19(25)14-4-8-16(9-5-14)21-12-23)20(26)15-6-10-17(11-7-15)22-13-24/h4-11,18H,2-3H2,1H3. The number of benzene rings is 2. The molecule has 0 aliphatic heterocycles. The Labute approximate surface area is 150 Å². The van der Waals surface area contributed by atoms with Gasteiger partial charge in [0.25, 0.3) is 0 Å². The first-order valence-corrected chi connectivity index (χ1v) is 8.05. The van der Waals surface area contributed by atoms with E-state index in [4.69, 9.17) is 0 Å². The number of ketones is 2. The zero-order valence-corrected chi connectivity index (χ0v) is 14.1. The summed E-state index contributed by atoms with van der Waals surface area (Å²) in [5.74, 6) is -1.37. The number of aliphatic imine (C=N–C) groups is 2. The van der Waals surface area contributed by atoms with Gasteiger partial charge >= 0.3 is 0 Å². The van der Waals surface area contributed by atoms with E-state index in [1.807, 2.05) is 6.92 Å². The van der Waals surface area contributed by atoms with E-state index >= 15 is 0 Å². The lowest BCUT2D eigenvalue weighted by molar-refractivity contribution is 0.0798. The van der Waals surface area contributed by atoms with Gasteiger partial charge in [-0.25, -0.2) is 9.59 Å². The second-order valence-corrected chi connectivity index (χ2v) is 5.57. The highest BCUT2D eigenvalue weighted by Gasteiger charge is 2.27. The molecule has 0 amide bonds. The Kier molecular flexibility index (Phi) is 6.63. The summed E-state index contributed by atoms with van der Waals surface area (Å²) in [5.41, 5.74) is 1.54. The highest BCUT2D eigenvalue weighted by molar-refractivity contribution is 6.16. The Morgan fingerprint density at radius 2 is 1.19 bits per heavy atom. The first-order chi connectivity index (χ1) is 12.6. The van der Waals surface area contributed by atoms with Crippen LogP contribution in [0, 0.1) is 5.92 Å². The van der Waals surface area contributed by atoms with Gasteiger partial charge in [0.05, 0.1) is 17.3 Å². The lowest BCUT2D eigenvalue weighted by atomic mass is 9.86. The SMILES string of the molecule is CCCC(C(=O)c1ccc(N=C=O)cc1)C(=O)c1ccc(N=C=O)cc1. The minimum Gasteiger partial charge on any atom is -0.293 e. The molecule has 0 aliphatic rings. The van der Waals surface area contributed by atoms with E-state index in [1.54, 1.807) is 0 Å². The summed E-state index contributed by atoms with van der Waals surface area (Å²) in [6, 6.07) is 12.3. The normalized spacial score (nSPS) is 11.0. The summed E-state index contributed by atoms with van der Waals surface area (Å²) in [5, 5.41) is 0. The summed E-state index contributed by atoms with van der Waals surface area (Å²) in [6.45, 7) is 1.90. The highest BCUT2D eigenvalue weighted by Crippen LogP contribution is 2.23. The topological polar surface area (TPSA) is 93.0 Å². The summed E-state index contributed by atoms with van der Waals surface area (Å²) < 4.78 is 0. The van der Waals surface area contributed by atoms with Crippen LogP contribution in [0.1, 0.15) is 40.5 Å². The third kappa shape index (κ3) is 4.54. The molecule has 0 saturated carbocycles. The van der Waals surface area contributed by atoms with Crippen molar-refractivity contribution in [2.75, 3.05) is 0 Å². The molecule has 0 radical (unpaired) electrons. The molecule has 0 fully saturated rings. The van der Waals surface area contributed by atoms with Gasteiger partial charge in [0.15, 0.2) is 11.6 Å². The van der Waals surface area contributed by atoms with E-state index < -0.39 is 5.92 Å². The van der Waals surface area contributed by atoms with Crippen molar-refractivity contribution in [3.63, 3.8) is 0 Å². The zero-order valence-electron chi connectivity index (χ0n) is 14.1. The summed E-state index contributed by atoms with van der Waals surface area (Å²) in [4.78, 5) is 53.1. The van der Waals surface area contributed by atoms with E-state index in [0.717, 1.165) is 0 Å². The molecular weight excluding hydrogens is 332 g/mol. The number of isocyanates is 2. The van der Waals surface area contributed by atoms with E-state index in [0.29, 0.717) is 35.3 Å². The van der Waals surface area contributed by atoms with Crippen molar-refractivity contribution in [3.05, 3.63) is 59.7 Å². The summed E-state index contributed by atoms with van der Waals surface area (Å²) in [7, 11) is 0. The van der Waals surface area contributed by atoms with E-state index in [-0.39, 0.29) is 11.6 Å². The molecule has 0 unspecified atom stereocenters. The van der Waals surface area contributed by atoms with Crippen molar-refractivity contribution in [1.82, 2.24) is 0 Å². The van der Waals surface area contributed by atoms with Gasteiger partial charge in [-0.15, -0.1) is 0 Å². The maximum Gasteiger partial charge on any atom is 0.240 e. The number of Topliss-reactive ketones (excluding diaryl/α,β-unsaturated/α-hetero) is 2. The molecule has 0 atom stereocenters. The quantitative estimate of drug-likeness (QED) is 0.311. The molecule has 0 saturated heterocycles. The predicted molar refractivity (Wildman–Crippen MR) is 95.5 cm³/mol. The molecule has 2 aromatic carbocycles. The zero-order chi connectivity index (χ0) is 18.9. The van der Waals surface area contributed by atoms with Gasteiger partial charge in [0.2, 0.25) is 12.2 Å². The molecule has 6 heteroatoms. The lowest BCUT2D eigenvalue weighted by Crippen LogP contribution is -2.24. The summed E-state index contributed by atoms with van der Waals surface area (Å²) in [6.07, 6.45) is 3.95. The van der Waals surface area contributed by atoms with Crippen LogP contribution in [0.5, 0.6) is 0 Å². The second kappa shape index (κ2) is 9.14. The maximum absolute atomic E-state index is 12.8. The molecule has 2 aromatic rings. The van der Waals surface area contributed by atoms with Gasteiger partial charge in [0.1, 0.15) is 0 Å². The van der Waals surface area contributed by atoms with Gasteiger partial charge in [-0.3, -0.25) is 9.59 Å². The first-order valence-electron chi connectivity index (χ1n) is 8.05. The summed E-state index contributed by atoms with van der Waals surface area (Å²) >= 11 is 0. The molecule has 0 aromatic heterocycles. The number of carbonyl (C=O) groups excluding carboxylic acids is 4. The Balaban J connectivity index is 2.28. The Bertz CT molecular complexity index is 815. The minimum atomic E-state index is -0.805. The van der Waals surface area contributed by atoms with Crippen molar-refractivity contribution in [1.29, 1.82) is 0 Å². The van der Waals surface area contributed by atoms with Crippen molar-refractivity contribution in [2.24, 2.45) is 15.9 Å². The smallest absolute Gasteiger partial charge is 0.240 e. The average Bonchev–Trinajstić information content (AvgIpc) is 2.67. The van der Waals surface area contributed by atoms with Gasteiger partial charge in [-0.2, -0.15) is 9.98 Å². The molecule has 0 N–H and O–H groups in total. The fourth-order valence-corrected chi connectivity index (χ4v) is 2.58. The van der Waals surface area contributed by atoms with Crippen LogP contribution in [0.25, 0.3) is 0 Å². The largest absolute Gasteiger partial charge is 0.293 e. The predicted octanol–water partition coefficient (Wildman–Crippen LogP) is 4.10. The van der Waals surface area contributed by atoms with Crippen LogP contribution in [0.15, 0.2) is 58.5 Å². The molecular formula is C20H16N2O4. The van der Waals surface area contributed by atoms with Gasteiger partial charge in [0, 0.05) is 11.1 Å². The van der Waals surface area contributed by atoms with E-state index in [9.17, 15) is 19.2 Å². The number of rotatable bonds is 8. The van der Waals surface area contributed by atoms with Crippen molar-refractivity contribution < 1.29 is 19.2 Å². The van der Waals surface area contributed by atoms with Crippen molar-refractivity contribution in [3.8, 4) is 0 Å². The number of carbonyl (C=O) groups is 2. The molecule has 130 valence electrons. The Morgan fingerprint density at radius 3 is 1.50 bits per heavy atom. The molecule has 0 bridgehead atoms. The molecule has 0 heterocycles. The monoisotopic (exact) mass is 348 g/mol. The Morgan fingerprint density at radius 1 is 0.808 bits per heavy atom. The van der Waals surface area contributed by atoms with Gasteiger partial charge < -0.3 is 0 Å². The molecule has 0 aliphatic carbocycles. The fourth-order valence-electron chi connectivity index (χ4n) is 2.58. The van der Waals surface area contributed by atoms with Crippen molar-refractivity contribution in [2.45, 2.75) is 19.8 Å². The molecule has 0 spiro atoms. The first kappa shape index (κ1) is 18.9. The van der Waals surface area contributed by atoms with Crippen LogP contribution in [-0.4, -0.2) is 23.7 Å². The minimum absolute atomic E-state index is 0.284. The lowest BCUT2D eigenvalue weighted by Gasteiger charge is -2.14. The van der Waals surface area contributed by atoms with E-state index in [2.05, 4.69) is 9.98 Å². The van der Waals surface area contributed by atoms with Gasteiger partial charge in [-0.05, 0) is 55.0 Å². The number of hydrogen-bond donors (Lipinski definition) is 0. The van der Waals surface area contributed by atoms with Crippen LogP contribution in [0.3, 0.4) is 0 Å². The van der Waals surface area contributed by atoms with Crippen LogP contribution >= 0.6 is 0 Å². The van der Waals surface area contributed by atoms with Crippen LogP contribution < -0.4 is 0 Å². The Hall–Kier alpha value is -3.46. The van der Waals surface area contributed by atoms with Crippen LogP contribution in [0.4, 0.5) is 11.4 Å².